The summed E-state index contributed by atoms with van der Waals surface area (Å²) in [5.74, 6) is 1.24. The van der Waals surface area contributed by atoms with Gasteiger partial charge in [-0.2, -0.15) is 0 Å². The highest BCUT2D eigenvalue weighted by Gasteiger charge is 2.28. The molecule has 0 saturated carbocycles. The van der Waals surface area contributed by atoms with Crippen molar-refractivity contribution in [3.8, 4) is 17.0 Å². The van der Waals surface area contributed by atoms with Crippen molar-refractivity contribution in [1.29, 1.82) is 10.8 Å². The van der Waals surface area contributed by atoms with Gasteiger partial charge in [0, 0.05) is 61.2 Å². The molecule has 0 bridgehead atoms. The highest BCUT2D eigenvalue weighted by atomic mass is 32.1. The van der Waals surface area contributed by atoms with Crippen molar-refractivity contribution < 1.29 is 9.53 Å². The number of hydrogen-bond acceptors (Lipinski definition) is 8. The number of nitrogens with one attached hydrogen (secondary N) is 2. The van der Waals surface area contributed by atoms with Crippen molar-refractivity contribution in [2.45, 2.75) is 19.3 Å². The zero-order valence-electron chi connectivity index (χ0n) is 19.0. The number of nitrogens with zero attached hydrogens (tertiary/aromatic N) is 4. The maximum Gasteiger partial charge on any atom is 0.282 e. The molecule has 8 nitrogen and oxygen atoms in total. The van der Waals surface area contributed by atoms with E-state index in [0.717, 1.165) is 46.3 Å². The first-order valence-corrected chi connectivity index (χ1v) is 12.1. The third-order valence-corrected chi connectivity index (χ3v) is 7.34. The molecule has 1 amide bonds. The zero-order valence-corrected chi connectivity index (χ0v) is 19.8. The molecule has 1 fully saturated rings. The topological polar surface area (TPSA) is 106 Å². The molecule has 1 aromatic carbocycles. The van der Waals surface area contributed by atoms with Gasteiger partial charge in [-0.3, -0.25) is 4.79 Å². The van der Waals surface area contributed by atoms with Gasteiger partial charge in [0.25, 0.3) is 5.91 Å². The van der Waals surface area contributed by atoms with Gasteiger partial charge in [0.1, 0.15) is 11.6 Å². The van der Waals surface area contributed by atoms with E-state index in [2.05, 4.69) is 9.88 Å². The van der Waals surface area contributed by atoms with Gasteiger partial charge in [-0.25, -0.2) is 9.97 Å². The van der Waals surface area contributed by atoms with Crippen LogP contribution in [0, 0.1) is 17.7 Å². The van der Waals surface area contributed by atoms with Crippen molar-refractivity contribution in [2.24, 2.45) is 0 Å². The van der Waals surface area contributed by atoms with E-state index in [-0.39, 0.29) is 11.8 Å². The molecule has 9 heteroatoms. The molecule has 34 heavy (non-hydrogen) atoms. The van der Waals surface area contributed by atoms with E-state index in [1.165, 1.54) is 23.8 Å². The lowest BCUT2D eigenvalue weighted by molar-refractivity contribution is 0.0746. The average molecular weight is 475 g/mol. The summed E-state index contributed by atoms with van der Waals surface area (Å²) in [6.45, 7) is 5.25. The molecule has 174 valence electrons. The lowest BCUT2D eigenvalue weighted by atomic mass is 9.98. The number of hydrogen-bond donors (Lipinski definition) is 2. The Morgan fingerprint density at radius 1 is 1.12 bits per heavy atom. The number of ether oxygens (including phenoxy) is 1. The lowest BCUT2D eigenvalue weighted by Gasteiger charge is -2.35. The quantitative estimate of drug-likeness (QED) is 0.547. The molecule has 1 saturated heterocycles. The summed E-state index contributed by atoms with van der Waals surface area (Å²) < 4.78 is 5.96. The second-order valence-corrected chi connectivity index (χ2v) is 9.50. The van der Waals surface area contributed by atoms with Crippen LogP contribution in [0.5, 0.6) is 5.75 Å². The molecule has 2 N–H and O–H groups in total. The Labute approximate surface area is 202 Å². The lowest BCUT2D eigenvalue weighted by Crippen LogP contribution is -2.49. The highest BCUT2D eigenvalue weighted by Crippen LogP contribution is 2.39. The standard InChI is InChI=1S/C25H26N6O2S/c1-16-3-2-4-22(28-16)30-8-10-31(11-9-30)25(32)24-29-23-19-6-5-17(18(14-26)15-27)13-20(19)33-12-7-21(23)34-24/h2-6,13-15,18,26-27H,7-12H2,1H3. The largest absolute Gasteiger partial charge is 0.492 e. The smallest absolute Gasteiger partial charge is 0.282 e. The minimum Gasteiger partial charge on any atom is -0.492 e. The van der Waals surface area contributed by atoms with Gasteiger partial charge >= 0.3 is 0 Å². The molecule has 0 spiro atoms. The molecule has 2 aliphatic rings. The van der Waals surface area contributed by atoms with Gasteiger partial charge < -0.3 is 25.4 Å². The van der Waals surface area contributed by atoms with Crippen molar-refractivity contribution in [3.05, 3.63) is 57.5 Å². The van der Waals surface area contributed by atoms with Gasteiger partial charge in [0.2, 0.25) is 0 Å². The Morgan fingerprint density at radius 2 is 1.91 bits per heavy atom. The molecule has 0 unspecified atom stereocenters. The molecule has 3 aromatic rings. The molecule has 5 rings (SSSR count). The van der Waals surface area contributed by atoms with Crippen LogP contribution >= 0.6 is 11.3 Å². The number of aryl methyl sites for hydroxylation is 1. The summed E-state index contributed by atoms with van der Waals surface area (Å²) in [6.07, 6.45) is 3.17. The normalized spacial score (nSPS) is 16.0. The summed E-state index contributed by atoms with van der Waals surface area (Å²) in [4.78, 5) is 27.8. The van der Waals surface area contributed by atoms with Gasteiger partial charge in [-0.05, 0) is 36.8 Å². The first kappa shape index (κ1) is 22.2. The number of piperazine rings is 1. The van der Waals surface area contributed by atoms with Crippen LogP contribution < -0.4 is 9.64 Å². The highest BCUT2D eigenvalue weighted by molar-refractivity contribution is 7.14. The van der Waals surface area contributed by atoms with E-state index < -0.39 is 0 Å². The second-order valence-electron chi connectivity index (χ2n) is 8.42. The Hall–Kier alpha value is -3.59. The molecular weight excluding hydrogens is 448 g/mol. The molecule has 2 aromatic heterocycles. The molecule has 0 aliphatic carbocycles. The minimum absolute atomic E-state index is 0.0262. The van der Waals surface area contributed by atoms with E-state index in [0.29, 0.717) is 36.9 Å². The number of carbonyl (C=O) groups excluding carboxylic acids is 1. The number of carbonyl (C=O) groups is 1. The third kappa shape index (κ3) is 4.19. The summed E-state index contributed by atoms with van der Waals surface area (Å²) in [5, 5.41) is 15.6. The maximum atomic E-state index is 13.3. The van der Waals surface area contributed by atoms with Crippen LogP contribution in [0.4, 0.5) is 5.82 Å². The second kappa shape index (κ2) is 9.34. The van der Waals surface area contributed by atoms with E-state index in [9.17, 15) is 4.79 Å². The fourth-order valence-electron chi connectivity index (χ4n) is 4.36. The number of thiazole rings is 1. The summed E-state index contributed by atoms with van der Waals surface area (Å²) in [7, 11) is 0. The number of aromatic nitrogens is 2. The Kier molecular flexibility index (Phi) is 6.10. The molecule has 0 radical (unpaired) electrons. The van der Waals surface area contributed by atoms with E-state index >= 15 is 0 Å². The number of pyridine rings is 1. The summed E-state index contributed by atoms with van der Waals surface area (Å²) in [5.41, 5.74) is 3.48. The van der Waals surface area contributed by atoms with Crippen LogP contribution in [-0.2, 0) is 6.42 Å². The minimum atomic E-state index is -0.377. The third-order valence-electron chi connectivity index (χ3n) is 6.24. The van der Waals surface area contributed by atoms with Crippen LogP contribution in [-0.4, -0.2) is 66.0 Å². The number of fused-ring (bicyclic) bond motifs is 3. The monoisotopic (exact) mass is 474 g/mol. The Bertz CT molecular complexity index is 1240. The van der Waals surface area contributed by atoms with E-state index in [4.69, 9.17) is 20.5 Å². The van der Waals surface area contributed by atoms with Crippen LogP contribution in [0.15, 0.2) is 36.4 Å². The van der Waals surface area contributed by atoms with Gasteiger partial charge in [0.15, 0.2) is 5.01 Å². The average Bonchev–Trinajstić information content (AvgIpc) is 3.21. The summed E-state index contributed by atoms with van der Waals surface area (Å²) >= 11 is 1.45. The molecular formula is C25H26N6O2S. The van der Waals surface area contributed by atoms with E-state index in [1.54, 1.807) is 0 Å². The van der Waals surface area contributed by atoms with Crippen LogP contribution in [0.2, 0.25) is 0 Å². The number of rotatable bonds is 5. The number of amides is 1. The molecule has 0 atom stereocenters. The number of anilines is 1. The fourth-order valence-corrected chi connectivity index (χ4v) is 5.38. The predicted octanol–water partition coefficient (Wildman–Crippen LogP) is 3.79. The molecule has 2 aliphatic heterocycles. The van der Waals surface area contributed by atoms with Crippen molar-refractivity contribution in [2.75, 3.05) is 37.7 Å². The number of benzene rings is 1. The van der Waals surface area contributed by atoms with Gasteiger partial charge in [-0.15, -0.1) is 11.3 Å². The van der Waals surface area contributed by atoms with E-state index in [1.807, 2.05) is 48.2 Å². The predicted molar refractivity (Wildman–Crippen MR) is 134 cm³/mol. The zero-order chi connectivity index (χ0) is 23.7. The SMILES string of the molecule is Cc1cccc(N2CCN(C(=O)c3nc4c(s3)CCOc3cc(C(C=N)C=N)ccc3-4)CC2)n1. The first-order valence-electron chi connectivity index (χ1n) is 11.3. The van der Waals surface area contributed by atoms with Crippen LogP contribution in [0.3, 0.4) is 0 Å². The first-order chi connectivity index (χ1) is 16.6. The van der Waals surface area contributed by atoms with Crippen LogP contribution in [0.1, 0.15) is 31.9 Å². The Morgan fingerprint density at radius 3 is 2.65 bits per heavy atom. The van der Waals surface area contributed by atoms with Gasteiger partial charge in [-0.1, -0.05) is 12.1 Å². The van der Waals surface area contributed by atoms with Crippen molar-refractivity contribution in [3.63, 3.8) is 0 Å². The van der Waals surface area contributed by atoms with Crippen molar-refractivity contribution in [1.82, 2.24) is 14.9 Å². The fraction of sp³-hybridized carbons (Fsp3) is 0.320. The molecule has 4 heterocycles. The van der Waals surface area contributed by atoms with Crippen LogP contribution in [0.25, 0.3) is 11.3 Å². The summed E-state index contributed by atoms with van der Waals surface area (Å²) in [6, 6.07) is 11.7. The van der Waals surface area contributed by atoms with Crippen molar-refractivity contribution >= 4 is 35.5 Å². The Balaban J connectivity index is 1.34. The maximum absolute atomic E-state index is 13.3. The van der Waals surface area contributed by atoms with Gasteiger partial charge in [0.05, 0.1) is 18.2 Å².